The van der Waals surface area contributed by atoms with Gasteiger partial charge in [0, 0.05) is 20.7 Å². The van der Waals surface area contributed by atoms with E-state index in [0.717, 1.165) is 0 Å². The predicted octanol–water partition coefficient (Wildman–Crippen LogP) is -0.204. The van der Waals surface area contributed by atoms with Crippen molar-refractivity contribution >= 4 is 5.91 Å². The lowest BCUT2D eigenvalue weighted by molar-refractivity contribution is 0.0929. The first-order valence-electron chi connectivity index (χ1n) is 3.99. The van der Waals surface area contributed by atoms with Crippen LogP contribution in [0, 0.1) is 0 Å². The van der Waals surface area contributed by atoms with E-state index in [9.17, 15) is 4.79 Å². The van der Waals surface area contributed by atoms with E-state index >= 15 is 0 Å². The third kappa shape index (κ3) is 2.55. The predicted molar refractivity (Wildman–Crippen MR) is 47.4 cm³/mol. The smallest absolute Gasteiger partial charge is 0.269 e. The zero-order valence-corrected chi connectivity index (χ0v) is 7.78. The third-order valence-corrected chi connectivity index (χ3v) is 1.64. The number of aromatic nitrogens is 2. The number of carbonyl (C=O) groups excluding carboxylic acids is 1. The van der Waals surface area contributed by atoms with Crippen molar-refractivity contribution < 1.29 is 9.53 Å². The second kappa shape index (κ2) is 4.61. The van der Waals surface area contributed by atoms with Crippen LogP contribution in [-0.4, -0.2) is 35.7 Å². The van der Waals surface area contributed by atoms with Crippen molar-refractivity contribution in [2.24, 2.45) is 7.05 Å². The van der Waals surface area contributed by atoms with E-state index in [1.54, 1.807) is 25.1 Å². The highest BCUT2D eigenvalue weighted by Crippen LogP contribution is 1.94. The molecule has 5 nitrogen and oxygen atoms in total. The SMILES string of the molecule is COCCNC(=O)c1cncn1C. The van der Waals surface area contributed by atoms with Gasteiger partial charge in [0.1, 0.15) is 5.69 Å². The molecule has 1 amide bonds. The fraction of sp³-hybridized carbons (Fsp3) is 0.500. The molecule has 0 aromatic carbocycles. The van der Waals surface area contributed by atoms with E-state index in [0.29, 0.717) is 18.8 Å². The molecule has 0 unspecified atom stereocenters. The normalized spacial score (nSPS) is 10.0. The summed E-state index contributed by atoms with van der Waals surface area (Å²) in [7, 11) is 3.37. The molecule has 0 atom stereocenters. The molecule has 0 bridgehead atoms. The van der Waals surface area contributed by atoms with Gasteiger partial charge in [-0.25, -0.2) is 4.98 Å². The van der Waals surface area contributed by atoms with E-state index in [2.05, 4.69) is 10.3 Å². The Balaban J connectivity index is 2.45. The molecule has 1 aromatic heterocycles. The van der Waals surface area contributed by atoms with Crippen LogP contribution in [0.3, 0.4) is 0 Å². The summed E-state index contributed by atoms with van der Waals surface area (Å²) in [6, 6.07) is 0. The van der Waals surface area contributed by atoms with Gasteiger partial charge in [-0.1, -0.05) is 0 Å². The number of imidazole rings is 1. The molecular weight excluding hydrogens is 170 g/mol. The summed E-state index contributed by atoms with van der Waals surface area (Å²) in [5.74, 6) is -0.128. The van der Waals surface area contributed by atoms with Crippen LogP contribution < -0.4 is 5.32 Å². The number of aryl methyl sites for hydroxylation is 1. The fourth-order valence-corrected chi connectivity index (χ4v) is 0.933. The van der Waals surface area contributed by atoms with E-state index in [1.807, 2.05) is 0 Å². The molecule has 0 aliphatic heterocycles. The van der Waals surface area contributed by atoms with E-state index < -0.39 is 0 Å². The number of carbonyl (C=O) groups is 1. The van der Waals surface area contributed by atoms with Gasteiger partial charge in [0.2, 0.25) is 0 Å². The molecular formula is C8H13N3O2. The van der Waals surface area contributed by atoms with Crippen molar-refractivity contribution in [2.45, 2.75) is 0 Å². The van der Waals surface area contributed by atoms with Gasteiger partial charge in [-0.2, -0.15) is 0 Å². The molecule has 0 spiro atoms. The van der Waals surface area contributed by atoms with Crippen LogP contribution in [0.25, 0.3) is 0 Å². The number of methoxy groups -OCH3 is 1. The standard InChI is InChI=1S/C8H13N3O2/c1-11-6-9-5-7(11)8(12)10-3-4-13-2/h5-6H,3-4H2,1-2H3,(H,10,12). The maximum Gasteiger partial charge on any atom is 0.269 e. The summed E-state index contributed by atoms with van der Waals surface area (Å²) in [4.78, 5) is 15.2. The number of ether oxygens (including phenoxy) is 1. The molecule has 1 aromatic rings. The zero-order chi connectivity index (χ0) is 9.68. The second-order valence-corrected chi connectivity index (χ2v) is 2.64. The number of nitrogens with one attached hydrogen (secondary N) is 1. The molecule has 0 saturated heterocycles. The number of amides is 1. The Kier molecular flexibility index (Phi) is 3.45. The minimum atomic E-state index is -0.128. The van der Waals surface area contributed by atoms with E-state index in [1.165, 1.54) is 6.20 Å². The average molecular weight is 183 g/mol. The summed E-state index contributed by atoms with van der Waals surface area (Å²) in [6.07, 6.45) is 3.12. The Hall–Kier alpha value is -1.36. The molecule has 1 rings (SSSR count). The minimum absolute atomic E-state index is 0.128. The lowest BCUT2D eigenvalue weighted by Crippen LogP contribution is -2.28. The topological polar surface area (TPSA) is 56.1 Å². The molecule has 0 fully saturated rings. The number of hydrogen-bond acceptors (Lipinski definition) is 3. The lowest BCUT2D eigenvalue weighted by Gasteiger charge is -2.03. The van der Waals surface area contributed by atoms with Crippen LogP contribution in [-0.2, 0) is 11.8 Å². The van der Waals surface area contributed by atoms with Crippen LogP contribution >= 0.6 is 0 Å². The third-order valence-electron chi connectivity index (χ3n) is 1.64. The molecule has 1 N–H and O–H groups in total. The highest BCUT2D eigenvalue weighted by molar-refractivity contribution is 5.92. The molecule has 13 heavy (non-hydrogen) atoms. The maximum absolute atomic E-state index is 11.4. The zero-order valence-electron chi connectivity index (χ0n) is 7.78. The molecule has 5 heteroatoms. The van der Waals surface area contributed by atoms with Crippen LogP contribution in [0.5, 0.6) is 0 Å². The molecule has 0 saturated carbocycles. The number of hydrogen-bond donors (Lipinski definition) is 1. The Bertz CT molecular complexity index is 283. The van der Waals surface area contributed by atoms with Gasteiger partial charge in [0.15, 0.2) is 0 Å². The Labute approximate surface area is 76.7 Å². The van der Waals surface area contributed by atoms with Crippen molar-refractivity contribution in [1.82, 2.24) is 14.9 Å². The Morgan fingerprint density at radius 2 is 2.54 bits per heavy atom. The van der Waals surface area contributed by atoms with Crippen LogP contribution in [0.2, 0.25) is 0 Å². The largest absolute Gasteiger partial charge is 0.383 e. The highest BCUT2D eigenvalue weighted by atomic mass is 16.5. The summed E-state index contributed by atoms with van der Waals surface area (Å²) in [5.41, 5.74) is 0.552. The van der Waals surface area contributed by atoms with Crippen molar-refractivity contribution in [3.05, 3.63) is 18.2 Å². The summed E-state index contributed by atoms with van der Waals surface area (Å²) in [6.45, 7) is 1.03. The van der Waals surface area contributed by atoms with E-state index in [4.69, 9.17) is 4.74 Å². The first-order chi connectivity index (χ1) is 6.25. The van der Waals surface area contributed by atoms with Crippen molar-refractivity contribution in [2.75, 3.05) is 20.3 Å². The van der Waals surface area contributed by atoms with Gasteiger partial charge in [0.25, 0.3) is 5.91 Å². The monoisotopic (exact) mass is 183 g/mol. The summed E-state index contributed by atoms with van der Waals surface area (Å²) >= 11 is 0. The minimum Gasteiger partial charge on any atom is -0.383 e. The van der Waals surface area contributed by atoms with Crippen molar-refractivity contribution in [3.63, 3.8) is 0 Å². The quantitative estimate of drug-likeness (QED) is 0.657. The van der Waals surface area contributed by atoms with Crippen molar-refractivity contribution in [1.29, 1.82) is 0 Å². The van der Waals surface area contributed by atoms with Crippen molar-refractivity contribution in [3.8, 4) is 0 Å². The first kappa shape index (κ1) is 9.73. The number of rotatable bonds is 4. The molecule has 0 aliphatic rings. The van der Waals surface area contributed by atoms with E-state index in [-0.39, 0.29) is 5.91 Å². The molecule has 0 aliphatic carbocycles. The lowest BCUT2D eigenvalue weighted by atomic mass is 10.4. The van der Waals surface area contributed by atoms with Crippen LogP contribution in [0.4, 0.5) is 0 Å². The Morgan fingerprint density at radius 1 is 1.77 bits per heavy atom. The fourth-order valence-electron chi connectivity index (χ4n) is 0.933. The van der Waals surface area contributed by atoms with Crippen LogP contribution in [0.1, 0.15) is 10.5 Å². The second-order valence-electron chi connectivity index (χ2n) is 2.64. The van der Waals surface area contributed by atoms with Gasteiger partial charge in [-0.05, 0) is 0 Å². The van der Waals surface area contributed by atoms with Gasteiger partial charge in [-0.15, -0.1) is 0 Å². The van der Waals surface area contributed by atoms with Gasteiger partial charge in [0.05, 0.1) is 19.1 Å². The number of nitrogens with zero attached hydrogens (tertiary/aromatic N) is 2. The Morgan fingerprint density at radius 3 is 3.08 bits per heavy atom. The molecule has 72 valence electrons. The van der Waals surface area contributed by atoms with Gasteiger partial charge in [-0.3, -0.25) is 4.79 Å². The molecule has 1 heterocycles. The summed E-state index contributed by atoms with van der Waals surface area (Å²) in [5, 5.41) is 2.70. The van der Waals surface area contributed by atoms with Crippen LogP contribution in [0.15, 0.2) is 12.5 Å². The average Bonchev–Trinajstić information content (AvgIpc) is 2.52. The first-order valence-corrected chi connectivity index (χ1v) is 3.99. The summed E-state index contributed by atoms with van der Waals surface area (Å²) < 4.78 is 6.47. The maximum atomic E-state index is 11.4. The molecule has 0 radical (unpaired) electrons. The van der Waals surface area contributed by atoms with Gasteiger partial charge < -0.3 is 14.6 Å². The highest BCUT2D eigenvalue weighted by Gasteiger charge is 2.07. The van der Waals surface area contributed by atoms with Gasteiger partial charge >= 0.3 is 0 Å².